The number of alkyl halides is 1. The third-order valence-corrected chi connectivity index (χ3v) is 4.48. The Hall–Kier alpha value is -0.540. The molecule has 0 spiro atoms. The van der Waals surface area contributed by atoms with Gasteiger partial charge >= 0.3 is 0 Å². The number of rotatable bonds is 2. The van der Waals surface area contributed by atoms with Gasteiger partial charge in [-0.1, -0.05) is 12.8 Å². The summed E-state index contributed by atoms with van der Waals surface area (Å²) in [5.41, 5.74) is 1.84. The van der Waals surface area contributed by atoms with Crippen molar-refractivity contribution in [2.45, 2.75) is 44.0 Å². The number of nitrogens with one attached hydrogen (secondary N) is 1. The maximum atomic E-state index is 12.0. The molecule has 1 aliphatic rings. The number of halogens is 1. The highest BCUT2D eigenvalue weighted by molar-refractivity contribution is 7.08. The van der Waals surface area contributed by atoms with Crippen LogP contribution in [-0.4, -0.2) is 17.3 Å². The standard InChI is InChI=1S/C12H16ClNOS/c1-8-6-16-7-9(8)12(15)14-11-5-3-2-4-10(11)13/h6-7,10-11H,2-5H2,1H3,(H,14,15). The highest BCUT2D eigenvalue weighted by Gasteiger charge is 2.25. The van der Waals surface area contributed by atoms with Crippen LogP contribution in [0.1, 0.15) is 41.6 Å². The molecule has 1 aliphatic carbocycles. The molecule has 16 heavy (non-hydrogen) atoms. The van der Waals surface area contributed by atoms with Crippen LogP contribution >= 0.6 is 22.9 Å². The summed E-state index contributed by atoms with van der Waals surface area (Å²) in [6, 6.07) is 0.141. The molecular formula is C12H16ClNOS. The molecule has 1 fully saturated rings. The maximum Gasteiger partial charge on any atom is 0.252 e. The van der Waals surface area contributed by atoms with E-state index in [2.05, 4.69) is 5.32 Å². The van der Waals surface area contributed by atoms with Crippen molar-refractivity contribution in [3.8, 4) is 0 Å². The van der Waals surface area contributed by atoms with Crippen molar-refractivity contribution in [1.82, 2.24) is 5.32 Å². The molecule has 1 amide bonds. The number of amides is 1. The van der Waals surface area contributed by atoms with Crippen molar-refractivity contribution in [3.63, 3.8) is 0 Å². The minimum atomic E-state index is 0.0244. The van der Waals surface area contributed by atoms with Crippen LogP contribution in [-0.2, 0) is 0 Å². The summed E-state index contributed by atoms with van der Waals surface area (Å²) in [7, 11) is 0. The molecule has 0 aromatic carbocycles. The molecule has 0 bridgehead atoms. The predicted molar refractivity (Wildman–Crippen MR) is 68.4 cm³/mol. The first-order chi connectivity index (χ1) is 7.68. The van der Waals surface area contributed by atoms with E-state index in [4.69, 9.17) is 11.6 Å². The molecule has 88 valence electrons. The summed E-state index contributed by atoms with van der Waals surface area (Å²) in [6.45, 7) is 1.96. The lowest BCUT2D eigenvalue weighted by molar-refractivity contribution is 0.0928. The number of hydrogen-bond acceptors (Lipinski definition) is 2. The van der Waals surface area contributed by atoms with Crippen LogP contribution in [0.2, 0.25) is 0 Å². The molecule has 2 nitrogen and oxygen atoms in total. The summed E-state index contributed by atoms with van der Waals surface area (Å²) in [5, 5.41) is 7.04. The lowest BCUT2D eigenvalue weighted by Crippen LogP contribution is -2.42. The van der Waals surface area contributed by atoms with Crippen LogP contribution < -0.4 is 5.32 Å². The van der Waals surface area contributed by atoms with Crippen molar-refractivity contribution < 1.29 is 4.79 Å². The average Bonchev–Trinajstić information content (AvgIpc) is 2.68. The van der Waals surface area contributed by atoms with Crippen molar-refractivity contribution in [1.29, 1.82) is 0 Å². The Bertz CT molecular complexity index is 377. The molecule has 1 aromatic heterocycles. The first-order valence-electron chi connectivity index (χ1n) is 5.66. The Morgan fingerprint density at radius 3 is 2.81 bits per heavy atom. The quantitative estimate of drug-likeness (QED) is 0.809. The van der Waals surface area contributed by atoms with Crippen LogP contribution in [0.3, 0.4) is 0 Å². The van der Waals surface area contributed by atoms with Gasteiger partial charge in [-0.3, -0.25) is 4.79 Å². The number of aryl methyl sites for hydroxylation is 1. The Labute approximate surface area is 105 Å². The number of hydrogen-bond donors (Lipinski definition) is 1. The van der Waals surface area contributed by atoms with Gasteiger partial charge in [-0.25, -0.2) is 0 Å². The zero-order chi connectivity index (χ0) is 11.5. The first kappa shape index (κ1) is 11.9. The van der Waals surface area contributed by atoms with E-state index in [1.165, 1.54) is 6.42 Å². The van der Waals surface area contributed by atoms with Gasteiger partial charge in [-0.2, -0.15) is 11.3 Å². The molecule has 1 saturated carbocycles. The van der Waals surface area contributed by atoms with E-state index < -0.39 is 0 Å². The lowest BCUT2D eigenvalue weighted by atomic mass is 9.94. The second kappa shape index (κ2) is 5.19. The Kier molecular flexibility index (Phi) is 3.87. The topological polar surface area (TPSA) is 29.1 Å². The van der Waals surface area contributed by atoms with E-state index in [1.807, 2.05) is 17.7 Å². The Morgan fingerprint density at radius 2 is 2.19 bits per heavy atom. The highest BCUT2D eigenvalue weighted by Crippen LogP contribution is 2.23. The predicted octanol–water partition coefficient (Wildman–Crippen LogP) is 3.34. The zero-order valence-corrected chi connectivity index (χ0v) is 10.9. The molecule has 2 unspecified atom stereocenters. The van der Waals surface area contributed by atoms with E-state index >= 15 is 0 Å². The summed E-state index contributed by atoms with van der Waals surface area (Å²) in [5.74, 6) is 0.0244. The van der Waals surface area contributed by atoms with Gasteiger partial charge in [-0.05, 0) is 30.7 Å². The van der Waals surface area contributed by atoms with Crippen LogP contribution in [0.4, 0.5) is 0 Å². The third kappa shape index (κ3) is 2.58. The van der Waals surface area contributed by atoms with Crippen LogP contribution in [0.15, 0.2) is 10.8 Å². The van der Waals surface area contributed by atoms with Gasteiger partial charge in [0.1, 0.15) is 0 Å². The van der Waals surface area contributed by atoms with Crippen LogP contribution in [0.25, 0.3) is 0 Å². The molecule has 4 heteroatoms. The normalized spacial score (nSPS) is 25.4. The van der Waals surface area contributed by atoms with E-state index in [0.29, 0.717) is 0 Å². The van der Waals surface area contributed by atoms with E-state index in [-0.39, 0.29) is 17.3 Å². The van der Waals surface area contributed by atoms with E-state index in [0.717, 1.165) is 30.4 Å². The molecule has 0 radical (unpaired) electrons. The first-order valence-corrected chi connectivity index (χ1v) is 7.04. The Morgan fingerprint density at radius 1 is 1.44 bits per heavy atom. The average molecular weight is 258 g/mol. The monoisotopic (exact) mass is 257 g/mol. The second-order valence-corrected chi connectivity index (χ2v) is 5.65. The van der Waals surface area contributed by atoms with Gasteiger partial charge < -0.3 is 5.32 Å². The SMILES string of the molecule is Cc1cscc1C(=O)NC1CCCCC1Cl. The van der Waals surface area contributed by atoms with Gasteiger partial charge in [0.05, 0.1) is 10.9 Å². The summed E-state index contributed by atoms with van der Waals surface area (Å²) in [4.78, 5) is 12.0. The van der Waals surface area contributed by atoms with Gasteiger partial charge in [-0.15, -0.1) is 11.6 Å². The van der Waals surface area contributed by atoms with Gasteiger partial charge in [0.25, 0.3) is 5.91 Å². The summed E-state index contributed by atoms with van der Waals surface area (Å²) in [6.07, 6.45) is 4.35. The summed E-state index contributed by atoms with van der Waals surface area (Å²) >= 11 is 7.78. The number of carbonyl (C=O) groups is 1. The highest BCUT2D eigenvalue weighted by atomic mass is 35.5. The van der Waals surface area contributed by atoms with Gasteiger partial charge in [0.15, 0.2) is 0 Å². The third-order valence-electron chi connectivity index (χ3n) is 3.10. The molecule has 1 N–H and O–H groups in total. The fourth-order valence-corrected chi connectivity index (χ4v) is 3.26. The molecule has 1 aromatic rings. The van der Waals surface area contributed by atoms with Crippen molar-refractivity contribution in [2.75, 3.05) is 0 Å². The molecular weight excluding hydrogens is 242 g/mol. The van der Waals surface area contributed by atoms with Crippen molar-refractivity contribution >= 4 is 28.8 Å². The van der Waals surface area contributed by atoms with Crippen molar-refractivity contribution in [3.05, 3.63) is 21.9 Å². The fourth-order valence-electron chi connectivity index (χ4n) is 2.09. The minimum Gasteiger partial charge on any atom is -0.348 e. The Balaban J connectivity index is 1.99. The maximum absolute atomic E-state index is 12.0. The summed E-state index contributed by atoms with van der Waals surface area (Å²) < 4.78 is 0. The minimum absolute atomic E-state index is 0.0244. The van der Waals surface area contributed by atoms with Crippen LogP contribution in [0.5, 0.6) is 0 Å². The van der Waals surface area contributed by atoms with Crippen LogP contribution in [0, 0.1) is 6.92 Å². The molecule has 2 rings (SSSR count). The zero-order valence-electron chi connectivity index (χ0n) is 9.33. The lowest BCUT2D eigenvalue weighted by Gasteiger charge is -2.27. The molecule has 0 aliphatic heterocycles. The van der Waals surface area contributed by atoms with E-state index in [1.54, 1.807) is 11.3 Å². The van der Waals surface area contributed by atoms with E-state index in [9.17, 15) is 4.79 Å². The van der Waals surface area contributed by atoms with Gasteiger partial charge in [0, 0.05) is 11.4 Å². The largest absolute Gasteiger partial charge is 0.348 e. The smallest absolute Gasteiger partial charge is 0.252 e. The second-order valence-electron chi connectivity index (χ2n) is 4.35. The molecule has 0 saturated heterocycles. The fraction of sp³-hybridized carbons (Fsp3) is 0.583. The number of carbonyl (C=O) groups excluding carboxylic acids is 1. The number of thiophene rings is 1. The van der Waals surface area contributed by atoms with Gasteiger partial charge in [0.2, 0.25) is 0 Å². The van der Waals surface area contributed by atoms with Crippen molar-refractivity contribution in [2.24, 2.45) is 0 Å². The molecule has 2 atom stereocenters. The molecule has 1 heterocycles.